The minimum Gasteiger partial charge on any atom is -0.298 e. The van der Waals surface area contributed by atoms with Crippen molar-refractivity contribution in [1.29, 1.82) is 0 Å². The summed E-state index contributed by atoms with van der Waals surface area (Å²) < 4.78 is 0. The summed E-state index contributed by atoms with van der Waals surface area (Å²) >= 11 is 3.91. The standard InChI is InChI=1S/C11H6O5S.Zn/c12-1-6-7(2-13)9(4-15)11(17)10(5-16)8(6)3-14;/h1-5,17H;/q;+2. The molecule has 0 spiro atoms. The van der Waals surface area contributed by atoms with E-state index < -0.39 is 0 Å². The zero-order valence-corrected chi connectivity index (χ0v) is 12.9. The number of aldehydes is 5. The normalized spacial score (nSPS) is 8.94. The van der Waals surface area contributed by atoms with Gasteiger partial charge in [0.2, 0.25) is 0 Å². The number of rotatable bonds is 5. The second-order valence-corrected chi connectivity index (χ2v) is 3.45. The predicted molar refractivity (Wildman–Crippen MR) is 60.6 cm³/mol. The van der Waals surface area contributed by atoms with Crippen LogP contribution in [0.4, 0.5) is 0 Å². The molecule has 0 aliphatic rings. The molecule has 0 fully saturated rings. The summed E-state index contributed by atoms with van der Waals surface area (Å²) in [6, 6.07) is 0. The average molecular weight is 316 g/mol. The van der Waals surface area contributed by atoms with Crippen molar-refractivity contribution in [1.82, 2.24) is 0 Å². The SMILES string of the molecule is O=Cc1c(S)c(C=O)c(C=O)c(C=O)c1C=O.[Zn+2]. The van der Waals surface area contributed by atoms with Crippen molar-refractivity contribution in [3.05, 3.63) is 27.8 Å². The molecule has 86 valence electrons. The van der Waals surface area contributed by atoms with Gasteiger partial charge >= 0.3 is 19.5 Å². The van der Waals surface area contributed by atoms with Gasteiger partial charge in [0.25, 0.3) is 0 Å². The largest absolute Gasteiger partial charge is 2.00 e. The fourth-order valence-corrected chi connectivity index (χ4v) is 1.80. The van der Waals surface area contributed by atoms with Gasteiger partial charge in [0, 0.05) is 32.7 Å². The van der Waals surface area contributed by atoms with Crippen LogP contribution in [0.5, 0.6) is 0 Å². The molecule has 1 aromatic rings. The monoisotopic (exact) mass is 314 g/mol. The summed E-state index contributed by atoms with van der Waals surface area (Å²) in [5.41, 5.74) is -1.13. The van der Waals surface area contributed by atoms with Gasteiger partial charge in [0.1, 0.15) is 0 Å². The molecule has 0 bridgehead atoms. The third kappa shape index (κ3) is 2.52. The topological polar surface area (TPSA) is 85.3 Å². The number of thiol groups is 1. The maximum Gasteiger partial charge on any atom is 2.00 e. The molecule has 0 aliphatic heterocycles. The van der Waals surface area contributed by atoms with Gasteiger partial charge in [0.15, 0.2) is 31.4 Å². The quantitative estimate of drug-likeness (QED) is 0.498. The van der Waals surface area contributed by atoms with Crippen molar-refractivity contribution < 1.29 is 43.5 Å². The van der Waals surface area contributed by atoms with Crippen molar-refractivity contribution >= 4 is 44.1 Å². The van der Waals surface area contributed by atoms with Gasteiger partial charge in [0.05, 0.1) is 0 Å². The van der Waals surface area contributed by atoms with E-state index in [1.807, 2.05) is 0 Å². The van der Waals surface area contributed by atoms with Gasteiger partial charge in [-0.3, -0.25) is 24.0 Å². The summed E-state index contributed by atoms with van der Waals surface area (Å²) in [6.45, 7) is 0. The first kappa shape index (κ1) is 16.5. The molecule has 5 nitrogen and oxygen atoms in total. The molecule has 1 aromatic carbocycles. The molecule has 7 heteroatoms. The molecule has 0 heterocycles. The van der Waals surface area contributed by atoms with Crippen LogP contribution in [0.3, 0.4) is 0 Å². The van der Waals surface area contributed by atoms with E-state index in [9.17, 15) is 24.0 Å². The molecule has 0 aliphatic carbocycles. The maximum atomic E-state index is 10.8. The van der Waals surface area contributed by atoms with Crippen LogP contribution in [-0.4, -0.2) is 31.4 Å². The average Bonchev–Trinajstić information content (AvgIpc) is 2.36. The van der Waals surface area contributed by atoms with Crippen LogP contribution in [0.2, 0.25) is 0 Å². The Morgan fingerprint density at radius 3 is 1.00 bits per heavy atom. The van der Waals surface area contributed by atoms with Crippen LogP contribution in [0.1, 0.15) is 51.8 Å². The predicted octanol–water partition coefficient (Wildman–Crippen LogP) is 1.04. The summed E-state index contributed by atoms with van der Waals surface area (Å²) in [5, 5.41) is 0. The Kier molecular flexibility index (Phi) is 6.51. The van der Waals surface area contributed by atoms with Crippen molar-refractivity contribution in [3.8, 4) is 0 Å². The van der Waals surface area contributed by atoms with Crippen LogP contribution in [0.25, 0.3) is 0 Å². The van der Waals surface area contributed by atoms with Gasteiger partial charge in [-0.2, -0.15) is 0 Å². The van der Waals surface area contributed by atoms with Crippen LogP contribution >= 0.6 is 12.6 Å². The number of carbonyl (C=O) groups excluding carboxylic acids is 5. The molecule has 1 rings (SSSR count). The van der Waals surface area contributed by atoms with E-state index in [0.717, 1.165) is 0 Å². The van der Waals surface area contributed by atoms with E-state index in [1.165, 1.54) is 0 Å². The summed E-state index contributed by atoms with van der Waals surface area (Å²) in [6.07, 6.45) is 1.41. The Bertz CT molecular complexity index is 498. The minimum absolute atomic E-state index is 0. The van der Waals surface area contributed by atoms with Crippen molar-refractivity contribution in [3.63, 3.8) is 0 Å². The van der Waals surface area contributed by atoms with E-state index in [0.29, 0.717) is 12.6 Å². The zero-order chi connectivity index (χ0) is 13.0. The molecule has 0 amide bonds. The van der Waals surface area contributed by atoms with Gasteiger partial charge in [-0.1, -0.05) is 0 Å². The molecular formula is C11H6O5SZn+2. The number of hydrogen-bond donors (Lipinski definition) is 1. The molecule has 0 unspecified atom stereocenters. The molecule has 0 saturated carbocycles. The summed E-state index contributed by atoms with van der Waals surface area (Å²) in [7, 11) is 0. The first-order chi connectivity index (χ1) is 8.15. The third-order valence-electron chi connectivity index (χ3n) is 2.26. The van der Waals surface area contributed by atoms with Crippen molar-refractivity contribution in [2.45, 2.75) is 4.90 Å². The molecule has 0 saturated heterocycles. The molecular weight excluding hydrogens is 310 g/mol. The number of benzene rings is 1. The van der Waals surface area contributed by atoms with Gasteiger partial charge in [-0.15, -0.1) is 12.6 Å². The van der Waals surface area contributed by atoms with E-state index in [4.69, 9.17) is 0 Å². The smallest absolute Gasteiger partial charge is 0.298 e. The molecule has 0 N–H and O–H groups in total. The second-order valence-electron chi connectivity index (χ2n) is 3.01. The Balaban J connectivity index is 0.00000289. The summed E-state index contributed by atoms with van der Waals surface area (Å²) in [5.74, 6) is 0. The fourth-order valence-electron chi connectivity index (χ4n) is 1.45. The third-order valence-corrected chi connectivity index (χ3v) is 2.74. The minimum atomic E-state index is -0.281. The van der Waals surface area contributed by atoms with Crippen molar-refractivity contribution in [2.24, 2.45) is 0 Å². The second kappa shape index (κ2) is 7.08. The van der Waals surface area contributed by atoms with Crippen LogP contribution < -0.4 is 0 Å². The van der Waals surface area contributed by atoms with Gasteiger partial charge in [-0.25, -0.2) is 0 Å². The van der Waals surface area contributed by atoms with Gasteiger partial charge < -0.3 is 0 Å². The van der Waals surface area contributed by atoms with Crippen LogP contribution in [-0.2, 0) is 19.5 Å². The van der Waals surface area contributed by atoms with Gasteiger partial charge in [-0.05, 0) is 0 Å². The van der Waals surface area contributed by atoms with Crippen molar-refractivity contribution in [2.75, 3.05) is 0 Å². The molecule has 0 aromatic heterocycles. The van der Waals surface area contributed by atoms with Crippen LogP contribution in [0, 0.1) is 0 Å². The van der Waals surface area contributed by atoms with E-state index in [1.54, 1.807) is 0 Å². The maximum absolute atomic E-state index is 10.8. The molecule has 0 radical (unpaired) electrons. The fraction of sp³-hybridized carbons (Fsp3) is 0. The van der Waals surface area contributed by atoms with E-state index in [-0.39, 0.29) is 71.0 Å². The van der Waals surface area contributed by atoms with Crippen LogP contribution in [0.15, 0.2) is 4.90 Å². The Morgan fingerprint density at radius 2 is 0.778 bits per heavy atom. The Hall–Kier alpha value is -1.46. The first-order valence-electron chi connectivity index (χ1n) is 4.35. The van der Waals surface area contributed by atoms with E-state index >= 15 is 0 Å². The first-order valence-corrected chi connectivity index (χ1v) is 4.79. The number of hydrogen-bond acceptors (Lipinski definition) is 6. The molecule has 18 heavy (non-hydrogen) atoms. The van der Waals surface area contributed by atoms with E-state index in [2.05, 4.69) is 12.6 Å². The zero-order valence-electron chi connectivity index (χ0n) is 9.08. The number of carbonyl (C=O) groups is 5. The Labute approximate surface area is 120 Å². The Morgan fingerprint density at radius 1 is 0.556 bits per heavy atom. The molecule has 0 atom stereocenters. The summed E-state index contributed by atoms with van der Waals surface area (Å²) in [4.78, 5) is 54.0.